The number of nitrogens with zero attached hydrogens (tertiary/aromatic N) is 1. The van der Waals surface area contributed by atoms with E-state index in [9.17, 15) is 10.1 Å². The van der Waals surface area contributed by atoms with Gasteiger partial charge in [0.2, 0.25) is 0 Å². The van der Waals surface area contributed by atoms with Crippen molar-refractivity contribution >= 4 is 17.3 Å². The first kappa shape index (κ1) is 17.9. The van der Waals surface area contributed by atoms with Crippen LogP contribution in [0.25, 0.3) is 22.8 Å². The van der Waals surface area contributed by atoms with Gasteiger partial charge in [-0.2, -0.15) is 0 Å². The van der Waals surface area contributed by atoms with Crippen LogP contribution >= 0.6 is 0 Å². The zero-order valence-corrected chi connectivity index (χ0v) is 15.3. The van der Waals surface area contributed by atoms with E-state index in [4.69, 9.17) is 10.5 Å². The normalized spacial score (nSPS) is 13.2. The molecule has 5 nitrogen and oxygen atoms in total. The third kappa shape index (κ3) is 3.28. The fraction of sp³-hybridized carbons (Fsp3) is 0.130. The lowest BCUT2D eigenvalue weighted by molar-refractivity contribution is -0.384. The quantitative estimate of drug-likeness (QED) is 0.297. The maximum Gasteiger partial charge on any atom is 0.270 e. The van der Waals surface area contributed by atoms with Crippen molar-refractivity contribution in [2.24, 2.45) is 5.73 Å². The predicted octanol–water partition coefficient (Wildman–Crippen LogP) is 4.89. The Kier molecular flexibility index (Phi) is 4.91. The third-order valence-corrected chi connectivity index (χ3v) is 4.84. The van der Waals surface area contributed by atoms with Gasteiger partial charge in [0.05, 0.1) is 11.5 Å². The van der Waals surface area contributed by atoms with Crippen LogP contribution in [0.5, 0.6) is 5.75 Å². The Balaban J connectivity index is 1.84. The highest BCUT2D eigenvalue weighted by Crippen LogP contribution is 2.46. The van der Waals surface area contributed by atoms with Crippen LogP contribution in [0, 0.1) is 10.1 Å². The molecular formula is C23H20N2O3. The van der Waals surface area contributed by atoms with E-state index in [2.05, 4.69) is 0 Å². The maximum atomic E-state index is 11.3. The van der Waals surface area contributed by atoms with Crippen LogP contribution in [0.3, 0.4) is 0 Å². The lowest BCUT2D eigenvalue weighted by Crippen LogP contribution is -2.06. The average molecular weight is 372 g/mol. The number of hydrogen-bond acceptors (Lipinski definition) is 4. The van der Waals surface area contributed by atoms with Crippen molar-refractivity contribution in [3.8, 4) is 16.9 Å². The van der Waals surface area contributed by atoms with E-state index in [0.717, 1.165) is 45.6 Å². The van der Waals surface area contributed by atoms with Crippen molar-refractivity contribution in [3.05, 3.63) is 93.5 Å². The molecule has 1 aliphatic carbocycles. The molecule has 0 radical (unpaired) electrons. The molecule has 2 N–H and O–H groups in total. The summed E-state index contributed by atoms with van der Waals surface area (Å²) < 4.78 is 5.89. The SMILES string of the molecule is NCCCOc1ccccc1/C=C1\c2ccccc2-c2ccc([N+](=O)[O-])cc21. The zero-order valence-electron chi connectivity index (χ0n) is 15.3. The summed E-state index contributed by atoms with van der Waals surface area (Å²) in [7, 11) is 0. The number of nitrogens with two attached hydrogens (primary N) is 1. The Hall–Kier alpha value is -3.44. The van der Waals surface area contributed by atoms with Crippen LogP contribution in [0.4, 0.5) is 5.69 Å². The van der Waals surface area contributed by atoms with Gasteiger partial charge in [0.1, 0.15) is 5.75 Å². The molecule has 3 aromatic carbocycles. The molecule has 0 aromatic heterocycles. The topological polar surface area (TPSA) is 78.4 Å². The molecule has 0 fully saturated rings. The highest BCUT2D eigenvalue weighted by atomic mass is 16.6. The second-order valence-electron chi connectivity index (χ2n) is 6.62. The maximum absolute atomic E-state index is 11.3. The molecule has 5 heteroatoms. The molecule has 0 aliphatic heterocycles. The second kappa shape index (κ2) is 7.66. The minimum absolute atomic E-state index is 0.0879. The lowest BCUT2D eigenvalue weighted by Gasteiger charge is -2.10. The fourth-order valence-electron chi connectivity index (χ4n) is 3.51. The van der Waals surface area contributed by atoms with Crippen molar-refractivity contribution < 1.29 is 9.66 Å². The Morgan fingerprint density at radius 3 is 2.43 bits per heavy atom. The van der Waals surface area contributed by atoms with E-state index in [-0.39, 0.29) is 10.6 Å². The number of rotatable bonds is 6. The highest BCUT2D eigenvalue weighted by molar-refractivity contribution is 6.07. The first-order valence-corrected chi connectivity index (χ1v) is 9.21. The van der Waals surface area contributed by atoms with Crippen molar-refractivity contribution in [3.63, 3.8) is 0 Å². The van der Waals surface area contributed by atoms with Gasteiger partial charge in [-0.25, -0.2) is 0 Å². The van der Waals surface area contributed by atoms with Gasteiger partial charge in [-0.15, -0.1) is 0 Å². The standard InChI is InChI=1S/C23H20N2O3/c24-12-5-13-28-23-9-4-1-6-16(23)14-21-19-8-3-2-7-18(19)20-11-10-17(25(26)27)15-22(20)21/h1-4,6-11,14-15H,5,12-13,24H2/b21-14+. The summed E-state index contributed by atoms with van der Waals surface area (Å²) in [5.74, 6) is 0.778. The lowest BCUT2D eigenvalue weighted by atomic mass is 10.0. The minimum Gasteiger partial charge on any atom is -0.493 e. The van der Waals surface area contributed by atoms with Gasteiger partial charge in [-0.05, 0) is 59.0 Å². The Morgan fingerprint density at radius 2 is 1.64 bits per heavy atom. The molecule has 0 heterocycles. The Labute approximate surface area is 163 Å². The number of fused-ring (bicyclic) bond motifs is 3. The smallest absolute Gasteiger partial charge is 0.270 e. The van der Waals surface area contributed by atoms with Crippen molar-refractivity contribution in [2.45, 2.75) is 6.42 Å². The van der Waals surface area contributed by atoms with E-state index >= 15 is 0 Å². The summed E-state index contributed by atoms with van der Waals surface area (Å²) in [4.78, 5) is 10.9. The molecule has 0 amide bonds. The fourth-order valence-corrected chi connectivity index (χ4v) is 3.51. The van der Waals surface area contributed by atoms with Crippen LogP contribution < -0.4 is 10.5 Å². The molecule has 28 heavy (non-hydrogen) atoms. The molecule has 140 valence electrons. The summed E-state index contributed by atoms with van der Waals surface area (Å²) in [5, 5.41) is 11.3. The number of nitro benzene ring substituents is 1. The van der Waals surface area contributed by atoms with Crippen LogP contribution in [0.1, 0.15) is 23.1 Å². The van der Waals surface area contributed by atoms with Gasteiger partial charge in [-0.1, -0.05) is 42.5 Å². The second-order valence-corrected chi connectivity index (χ2v) is 6.62. The predicted molar refractivity (Wildman–Crippen MR) is 111 cm³/mol. The van der Waals surface area contributed by atoms with Crippen LogP contribution in [-0.4, -0.2) is 18.1 Å². The van der Waals surface area contributed by atoms with Gasteiger partial charge < -0.3 is 10.5 Å². The summed E-state index contributed by atoms with van der Waals surface area (Å²) in [5.41, 5.74) is 11.6. The molecule has 4 rings (SSSR count). The monoisotopic (exact) mass is 372 g/mol. The number of ether oxygens (including phenoxy) is 1. The molecular weight excluding hydrogens is 352 g/mol. The molecule has 1 aliphatic rings. The zero-order chi connectivity index (χ0) is 19.5. The van der Waals surface area contributed by atoms with E-state index in [1.54, 1.807) is 12.1 Å². The summed E-state index contributed by atoms with van der Waals surface area (Å²) in [6.45, 7) is 1.13. The molecule has 0 saturated carbocycles. The summed E-state index contributed by atoms with van der Waals surface area (Å²) in [6, 6.07) is 20.9. The van der Waals surface area contributed by atoms with E-state index in [1.165, 1.54) is 0 Å². The third-order valence-electron chi connectivity index (χ3n) is 4.84. The molecule has 0 saturated heterocycles. The molecule has 0 spiro atoms. The number of hydrogen-bond donors (Lipinski definition) is 1. The first-order valence-electron chi connectivity index (χ1n) is 9.21. The molecule has 0 unspecified atom stereocenters. The number of nitro groups is 1. The van der Waals surface area contributed by atoms with Crippen molar-refractivity contribution in [1.29, 1.82) is 0 Å². The molecule has 0 bridgehead atoms. The average Bonchev–Trinajstić information content (AvgIpc) is 3.03. The minimum atomic E-state index is -0.356. The first-order chi connectivity index (χ1) is 13.7. The van der Waals surface area contributed by atoms with Crippen LogP contribution in [0.15, 0.2) is 66.7 Å². The van der Waals surface area contributed by atoms with Gasteiger partial charge in [0.15, 0.2) is 0 Å². The van der Waals surface area contributed by atoms with Gasteiger partial charge >= 0.3 is 0 Å². The molecule has 3 aromatic rings. The van der Waals surface area contributed by atoms with Crippen molar-refractivity contribution in [1.82, 2.24) is 0 Å². The number of benzene rings is 3. The van der Waals surface area contributed by atoms with Crippen molar-refractivity contribution in [2.75, 3.05) is 13.2 Å². The molecule has 0 atom stereocenters. The highest BCUT2D eigenvalue weighted by Gasteiger charge is 2.25. The Morgan fingerprint density at radius 1 is 0.929 bits per heavy atom. The van der Waals surface area contributed by atoms with E-state index in [0.29, 0.717) is 13.2 Å². The van der Waals surface area contributed by atoms with Crippen LogP contribution in [0.2, 0.25) is 0 Å². The summed E-state index contributed by atoms with van der Waals surface area (Å²) >= 11 is 0. The van der Waals surface area contributed by atoms with Gasteiger partial charge in [0, 0.05) is 17.7 Å². The largest absolute Gasteiger partial charge is 0.493 e. The summed E-state index contributed by atoms with van der Waals surface area (Å²) in [6.07, 6.45) is 2.83. The number of para-hydroxylation sites is 1. The van der Waals surface area contributed by atoms with E-state index in [1.807, 2.05) is 60.7 Å². The van der Waals surface area contributed by atoms with Crippen LogP contribution in [-0.2, 0) is 0 Å². The van der Waals surface area contributed by atoms with E-state index < -0.39 is 0 Å². The van der Waals surface area contributed by atoms with Gasteiger partial charge in [0.25, 0.3) is 5.69 Å². The van der Waals surface area contributed by atoms with Gasteiger partial charge in [-0.3, -0.25) is 10.1 Å². The Bertz CT molecular complexity index is 1070. The number of non-ortho nitro benzene ring substituents is 1.